The fourth-order valence-electron chi connectivity index (χ4n) is 2.36. The number of rotatable bonds is 16. The Morgan fingerprint density at radius 1 is 0.905 bits per heavy atom. The molecule has 21 heavy (non-hydrogen) atoms. The minimum absolute atomic E-state index is 0.312. The lowest BCUT2D eigenvalue weighted by Crippen LogP contribution is -2.38. The van der Waals surface area contributed by atoms with Gasteiger partial charge in [0.05, 0.1) is 25.3 Å². The fourth-order valence-corrected chi connectivity index (χ4v) is 2.36. The summed E-state index contributed by atoms with van der Waals surface area (Å²) in [6.07, 6.45) is 12.2. The van der Waals surface area contributed by atoms with Gasteiger partial charge in [-0.05, 0) is 6.42 Å². The molecule has 0 bridgehead atoms. The summed E-state index contributed by atoms with van der Waals surface area (Å²) < 4.78 is 10.1. The molecule has 0 amide bonds. The van der Waals surface area contributed by atoms with Gasteiger partial charge in [0.1, 0.15) is 0 Å². The Bertz CT molecular complexity index is 231. The number of carboxylic acids is 1. The fraction of sp³-hybridized carbons (Fsp3) is 0.941. The third-order valence-corrected chi connectivity index (χ3v) is 3.69. The topological polar surface area (TPSA) is 58.6 Å². The van der Waals surface area contributed by atoms with Crippen LogP contribution in [-0.2, 0) is 14.3 Å². The van der Waals surface area contributed by atoms with Gasteiger partial charge in [-0.25, -0.2) is 0 Å². The number of hydrogen-bond donors (Lipinski definition) is 0. The van der Waals surface area contributed by atoms with Crippen LogP contribution in [0, 0.1) is 0 Å². The average Bonchev–Trinajstić information content (AvgIpc) is 2.47. The Kier molecular flexibility index (Phi) is 15.3. The number of carbonyl (C=O) groups is 1. The second kappa shape index (κ2) is 15.8. The number of carboxylic acid groups (broad SMARTS) is 1. The van der Waals surface area contributed by atoms with E-state index in [2.05, 4.69) is 6.92 Å². The molecule has 0 spiro atoms. The van der Waals surface area contributed by atoms with Crippen molar-refractivity contribution in [2.75, 3.05) is 20.3 Å². The number of methoxy groups -OCH3 is 1. The van der Waals surface area contributed by atoms with Crippen LogP contribution in [0.25, 0.3) is 0 Å². The summed E-state index contributed by atoms with van der Waals surface area (Å²) in [6.45, 7) is 2.97. The lowest BCUT2D eigenvalue weighted by molar-refractivity contribution is -0.317. The maximum Gasteiger partial charge on any atom is 0.0969 e. The van der Waals surface area contributed by atoms with Gasteiger partial charge in [-0.1, -0.05) is 71.1 Å². The minimum Gasteiger partial charge on any atom is -0.547 e. The zero-order chi connectivity index (χ0) is 15.8. The van der Waals surface area contributed by atoms with Crippen molar-refractivity contribution in [3.63, 3.8) is 0 Å². The van der Waals surface area contributed by atoms with E-state index in [1.165, 1.54) is 51.4 Å². The molecule has 0 aromatic carbocycles. The maximum absolute atomic E-state index is 10.9. The zero-order valence-corrected chi connectivity index (χ0v) is 13.9. The van der Waals surface area contributed by atoms with E-state index in [0.717, 1.165) is 12.8 Å². The van der Waals surface area contributed by atoms with Crippen LogP contribution in [0.2, 0.25) is 0 Å². The van der Waals surface area contributed by atoms with Gasteiger partial charge in [-0.3, -0.25) is 0 Å². The lowest BCUT2D eigenvalue weighted by Gasteiger charge is -2.18. The van der Waals surface area contributed by atoms with Crippen LogP contribution in [-0.4, -0.2) is 32.4 Å². The zero-order valence-electron chi connectivity index (χ0n) is 13.9. The van der Waals surface area contributed by atoms with Crippen molar-refractivity contribution in [3.8, 4) is 0 Å². The van der Waals surface area contributed by atoms with E-state index < -0.39 is 12.1 Å². The Balaban J connectivity index is 3.39. The molecule has 1 unspecified atom stereocenters. The normalized spacial score (nSPS) is 12.5. The van der Waals surface area contributed by atoms with Gasteiger partial charge >= 0.3 is 0 Å². The Morgan fingerprint density at radius 2 is 1.43 bits per heavy atom. The number of carbonyl (C=O) groups excluding carboxylic acids is 1. The van der Waals surface area contributed by atoms with Gasteiger partial charge in [0.15, 0.2) is 0 Å². The predicted molar refractivity (Wildman–Crippen MR) is 83.1 cm³/mol. The standard InChI is InChI=1S/C17H34O4/c1-3-4-5-6-7-8-9-10-11-12-13-16(17(18)19)21-15-14-20-2/h16H,3-15H2,1-2H3,(H,18,19)/p-1. The molecule has 0 heterocycles. The van der Waals surface area contributed by atoms with Crippen molar-refractivity contribution >= 4 is 5.97 Å². The summed E-state index contributed by atoms with van der Waals surface area (Å²) >= 11 is 0. The molecule has 0 radical (unpaired) electrons. The van der Waals surface area contributed by atoms with E-state index in [4.69, 9.17) is 9.47 Å². The summed E-state index contributed by atoms with van der Waals surface area (Å²) in [4.78, 5) is 10.9. The first-order valence-electron chi connectivity index (χ1n) is 8.53. The lowest BCUT2D eigenvalue weighted by atomic mass is 10.0. The summed E-state index contributed by atoms with van der Waals surface area (Å²) in [5, 5.41) is 10.9. The summed E-state index contributed by atoms with van der Waals surface area (Å²) in [7, 11) is 1.57. The van der Waals surface area contributed by atoms with Crippen LogP contribution in [0.4, 0.5) is 0 Å². The Labute approximate surface area is 130 Å². The van der Waals surface area contributed by atoms with Crippen molar-refractivity contribution in [1.82, 2.24) is 0 Å². The first-order chi connectivity index (χ1) is 10.2. The largest absolute Gasteiger partial charge is 0.547 e. The maximum atomic E-state index is 10.9. The molecule has 126 valence electrons. The Morgan fingerprint density at radius 3 is 1.90 bits per heavy atom. The molecule has 0 aromatic rings. The molecule has 0 aromatic heterocycles. The van der Waals surface area contributed by atoms with E-state index in [0.29, 0.717) is 19.6 Å². The highest BCUT2D eigenvalue weighted by atomic mass is 16.5. The van der Waals surface area contributed by atoms with Crippen LogP contribution in [0.1, 0.15) is 77.6 Å². The number of aliphatic carboxylic acids is 1. The highest BCUT2D eigenvalue weighted by molar-refractivity contribution is 5.69. The predicted octanol–water partition coefficient (Wildman–Crippen LogP) is 3.08. The molecule has 0 fully saturated rings. The molecule has 4 heteroatoms. The molecule has 0 aliphatic heterocycles. The molecule has 0 aliphatic carbocycles. The van der Waals surface area contributed by atoms with E-state index in [9.17, 15) is 9.90 Å². The van der Waals surface area contributed by atoms with Crippen LogP contribution >= 0.6 is 0 Å². The van der Waals surface area contributed by atoms with Crippen molar-refractivity contribution < 1.29 is 19.4 Å². The summed E-state index contributed by atoms with van der Waals surface area (Å²) in [5.74, 6) is -1.11. The van der Waals surface area contributed by atoms with Crippen molar-refractivity contribution in [1.29, 1.82) is 0 Å². The van der Waals surface area contributed by atoms with Gasteiger partial charge < -0.3 is 19.4 Å². The SMILES string of the molecule is CCCCCCCCCCCCC(OCCOC)C(=O)[O-]. The van der Waals surface area contributed by atoms with Crippen molar-refractivity contribution in [2.45, 2.75) is 83.7 Å². The highest BCUT2D eigenvalue weighted by Gasteiger charge is 2.09. The van der Waals surface area contributed by atoms with Crippen LogP contribution in [0.15, 0.2) is 0 Å². The highest BCUT2D eigenvalue weighted by Crippen LogP contribution is 2.12. The molecule has 0 saturated heterocycles. The second-order valence-electron chi connectivity index (χ2n) is 5.64. The quantitative estimate of drug-likeness (QED) is 0.411. The second-order valence-corrected chi connectivity index (χ2v) is 5.64. The van der Waals surface area contributed by atoms with Gasteiger partial charge in [-0.15, -0.1) is 0 Å². The summed E-state index contributed by atoms with van der Waals surface area (Å²) in [5.41, 5.74) is 0. The van der Waals surface area contributed by atoms with Gasteiger partial charge in [0.2, 0.25) is 0 Å². The van der Waals surface area contributed by atoms with Crippen LogP contribution in [0.3, 0.4) is 0 Å². The monoisotopic (exact) mass is 301 g/mol. The molecule has 0 saturated carbocycles. The third kappa shape index (κ3) is 14.1. The molecule has 0 N–H and O–H groups in total. The van der Waals surface area contributed by atoms with Gasteiger partial charge in [-0.2, -0.15) is 0 Å². The van der Waals surface area contributed by atoms with Crippen LogP contribution < -0.4 is 5.11 Å². The van der Waals surface area contributed by atoms with E-state index >= 15 is 0 Å². The van der Waals surface area contributed by atoms with E-state index in [1.54, 1.807) is 7.11 Å². The molecular weight excluding hydrogens is 268 g/mol. The van der Waals surface area contributed by atoms with Gasteiger partial charge in [0, 0.05) is 7.11 Å². The number of ether oxygens (including phenoxy) is 2. The Hall–Kier alpha value is -0.610. The molecule has 1 atom stereocenters. The van der Waals surface area contributed by atoms with E-state index in [-0.39, 0.29) is 0 Å². The number of unbranched alkanes of at least 4 members (excludes halogenated alkanes) is 9. The average molecular weight is 301 g/mol. The molecule has 0 aliphatic rings. The number of hydrogen-bond acceptors (Lipinski definition) is 4. The first kappa shape index (κ1) is 20.4. The first-order valence-corrected chi connectivity index (χ1v) is 8.53. The van der Waals surface area contributed by atoms with Crippen molar-refractivity contribution in [2.24, 2.45) is 0 Å². The third-order valence-electron chi connectivity index (χ3n) is 3.69. The summed E-state index contributed by atoms with van der Waals surface area (Å²) in [6, 6.07) is 0. The smallest absolute Gasteiger partial charge is 0.0969 e. The molecule has 4 nitrogen and oxygen atoms in total. The molecular formula is C17H33O4-. The van der Waals surface area contributed by atoms with Crippen LogP contribution in [0.5, 0.6) is 0 Å². The van der Waals surface area contributed by atoms with Crippen molar-refractivity contribution in [3.05, 3.63) is 0 Å². The van der Waals surface area contributed by atoms with E-state index in [1.807, 2.05) is 0 Å². The molecule has 0 rings (SSSR count). The minimum atomic E-state index is -1.11. The van der Waals surface area contributed by atoms with Gasteiger partial charge in [0.25, 0.3) is 0 Å².